The Labute approximate surface area is 114 Å². The molecule has 2 aromatic heterocycles. The van der Waals surface area contributed by atoms with Crippen molar-refractivity contribution >= 4 is 34.8 Å². The molecule has 0 saturated carbocycles. The van der Waals surface area contributed by atoms with E-state index in [0.29, 0.717) is 11.9 Å². The molecule has 0 amide bonds. The number of hydrogen-bond donors (Lipinski definition) is 2. The SMILES string of the molecule is CNc1nc(Cl)nc(NC(C)(C)c2nccs2)n1. The Morgan fingerprint density at radius 3 is 2.56 bits per heavy atom. The summed E-state index contributed by atoms with van der Waals surface area (Å²) in [6, 6.07) is 0. The molecular formula is C10H13ClN6S. The van der Waals surface area contributed by atoms with Crippen molar-refractivity contribution in [3.05, 3.63) is 21.9 Å². The van der Waals surface area contributed by atoms with Gasteiger partial charge >= 0.3 is 0 Å². The Bertz CT molecular complexity index is 527. The summed E-state index contributed by atoms with van der Waals surface area (Å²) >= 11 is 7.40. The first-order chi connectivity index (χ1) is 8.51. The van der Waals surface area contributed by atoms with Crippen LogP contribution in [0.3, 0.4) is 0 Å². The molecule has 0 aliphatic heterocycles. The zero-order chi connectivity index (χ0) is 13.2. The summed E-state index contributed by atoms with van der Waals surface area (Å²) < 4.78 is 0. The fraction of sp³-hybridized carbons (Fsp3) is 0.400. The van der Waals surface area contributed by atoms with Gasteiger partial charge in [-0.1, -0.05) is 0 Å². The van der Waals surface area contributed by atoms with Crippen molar-refractivity contribution in [1.82, 2.24) is 19.9 Å². The van der Waals surface area contributed by atoms with Gasteiger partial charge in [0.2, 0.25) is 17.2 Å². The lowest BCUT2D eigenvalue weighted by Crippen LogP contribution is -2.29. The van der Waals surface area contributed by atoms with Gasteiger partial charge in [0.05, 0.1) is 5.54 Å². The van der Waals surface area contributed by atoms with Crippen molar-refractivity contribution in [2.75, 3.05) is 17.7 Å². The third kappa shape index (κ3) is 2.85. The number of aromatic nitrogens is 4. The van der Waals surface area contributed by atoms with Gasteiger partial charge in [0.15, 0.2) is 0 Å². The summed E-state index contributed by atoms with van der Waals surface area (Å²) in [5.74, 6) is 0.840. The summed E-state index contributed by atoms with van der Waals surface area (Å²) in [5.41, 5.74) is -0.371. The van der Waals surface area contributed by atoms with Crippen LogP contribution in [-0.2, 0) is 5.54 Å². The third-order valence-electron chi connectivity index (χ3n) is 2.22. The van der Waals surface area contributed by atoms with E-state index >= 15 is 0 Å². The molecule has 2 aromatic rings. The lowest BCUT2D eigenvalue weighted by Gasteiger charge is -2.23. The molecule has 0 aromatic carbocycles. The van der Waals surface area contributed by atoms with E-state index in [2.05, 4.69) is 30.6 Å². The van der Waals surface area contributed by atoms with Crippen LogP contribution in [0.4, 0.5) is 11.9 Å². The van der Waals surface area contributed by atoms with Crippen molar-refractivity contribution in [1.29, 1.82) is 0 Å². The molecule has 0 bridgehead atoms. The molecule has 0 aliphatic carbocycles. The highest BCUT2D eigenvalue weighted by molar-refractivity contribution is 7.09. The summed E-state index contributed by atoms with van der Waals surface area (Å²) in [6.07, 6.45) is 1.77. The predicted molar refractivity (Wildman–Crippen MR) is 73.1 cm³/mol. The number of rotatable bonds is 4. The van der Waals surface area contributed by atoms with Gasteiger partial charge in [-0.25, -0.2) is 4.98 Å². The number of anilines is 2. The number of nitrogens with one attached hydrogen (secondary N) is 2. The van der Waals surface area contributed by atoms with Crippen LogP contribution in [0.25, 0.3) is 0 Å². The highest BCUT2D eigenvalue weighted by Crippen LogP contribution is 2.26. The molecule has 0 unspecified atom stereocenters. The van der Waals surface area contributed by atoms with E-state index in [1.54, 1.807) is 24.6 Å². The second-order valence-electron chi connectivity index (χ2n) is 4.09. The second kappa shape index (κ2) is 5.03. The van der Waals surface area contributed by atoms with Gasteiger partial charge in [-0.3, -0.25) is 0 Å². The fourth-order valence-corrected chi connectivity index (χ4v) is 2.26. The molecule has 0 radical (unpaired) electrons. The van der Waals surface area contributed by atoms with Gasteiger partial charge in [0, 0.05) is 18.6 Å². The number of halogens is 1. The Morgan fingerprint density at radius 2 is 1.94 bits per heavy atom. The highest BCUT2D eigenvalue weighted by Gasteiger charge is 2.24. The van der Waals surface area contributed by atoms with Crippen LogP contribution in [-0.4, -0.2) is 27.0 Å². The molecular weight excluding hydrogens is 272 g/mol. The minimum absolute atomic E-state index is 0.145. The van der Waals surface area contributed by atoms with Gasteiger partial charge in [-0.15, -0.1) is 11.3 Å². The monoisotopic (exact) mass is 284 g/mol. The normalized spacial score (nSPS) is 11.3. The van der Waals surface area contributed by atoms with E-state index in [0.717, 1.165) is 5.01 Å². The average molecular weight is 285 g/mol. The molecule has 0 aliphatic rings. The maximum atomic E-state index is 5.83. The summed E-state index contributed by atoms with van der Waals surface area (Å²) in [5, 5.41) is 9.05. The summed E-state index contributed by atoms with van der Waals surface area (Å²) in [4.78, 5) is 16.5. The maximum Gasteiger partial charge on any atom is 0.229 e. The standard InChI is InChI=1S/C10H13ClN6S/c1-10(2,6-13-4-5-18-6)17-9-15-7(11)14-8(12-3)16-9/h4-5H,1-3H3,(H2,12,14,15,16,17). The molecule has 0 atom stereocenters. The molecule has 6 nitrogen and oxygen atoms in total. The smallest absolute Gasteiger partial charge is 0.229 e. The molecule has 96 valence electrons. The predicted octanol–water partition coefficient (Wildman–Crippen LogP) is 2.37. The quantitative estimate of drug-likeness (QED) is 0.898. The molecule has 0 spiro atoms. The van der Waals surface area contributed by atoms with E-state index in [4.69, 9.17) is 11.6 Å². The second-order valence-corrected chi connectivity index (χ2v) is 5.32. The molecule has 2 N–H and O–H groups in total. The molecule has 8 heteroatoms. The van der Waals surface area contributed by atoms with Gasteiger partial charge in [0.25, 0.3) is 0 Å². The average Bonchev–Trinajstić information content (AvgIpc) is 2.81. The first-order valence-corrected chi connectivity index (χ1v) is 6.54. The van der Waals surface area contributed by atoms with E-state index < -0.39 is 0 Å². The minimum atomic E-state index is -0.371. The largest absolute Gasteiger partial charge is 0.357 e. The number of hydrogen-bond acceptors (Lipinski definition) is 7. The van der Waals surface area contributed by atoms with Crippen LogP contribution in [0.1, 0.15) is 18.9 Å². The third-order valence-corrected chi connectivity index (χ3v) is 3.49. The van der Waals surface area contributed by atoms with Crippen molar-refractivity contribution in [2.24, 2.45) is 0 Å². The lowest BCUT2D eigenvalue weighted by molar-refractivity contribution is 0.596. The summed E-state index contributed by atoms with van der Waals surface area (Å²) in [7, 11) is 1.72. The zero-order valence-electron chi connectivity index (χ0n) is 10.2. The molecule has 2 rings (SSSR count). The van der Waals surface area contributed by atoms with Gasteiger partial charge < -0.3 is 10.6 Å². The minimum Gasteiger partial charge on any atom is -0.357 e. The van der Waals surface area contributed by atoms with Crippen molar-refractivity contribution in [2.45, 2.75) is 19.4 Å². The van der Waals surface area contributed by atoms with Crippen LogP contribution in [0.2, 0.25) is 5.28 Å². The topological polar surface area (TPSA) is 75.6 Å². The van der Waals surface area contributed by atoms with Crippen LogP contribution >= 0.6 is 22.9 Å². The molecule has 0 saturated heterocycles. The molecule has 18 heavy (non-hydrogen) atoms. The summed E-state index contributed by atoms with van der Waals surface area (Å²) in [6.45, 7) is 4.01. The van der Waals surface area contributed by atoms with Crippen LogP contribution < -0.4 is 10.6 Å². The molecule has 0 fully saturated rings. The lowest BCUT2D eigenvalue weighted by atomic mass is 10.1. The van der Waals surface area contributed by atoms with Crippen LogP contribution in [0, 0.1) is 0 Å². The van der Waals surface area contributed by atoms with E-state index in [1.807, 2.05) is 19.2 Å². The number of thiazole rings is 1. The zero-order valence-corrected chi connectivity index (χ0v) is 11.8. The van der Waals surface area contributed by atoms with Crippen molar-refractivity contribution < 1.29 is 0 Å². The van der Waals surface area contributed by atoms with Crippen LogP contribution in [0.15, 0.2) is 11.6 Å². The Kier molecular flexibility index (Phi) is 3.63. The first-order valence-electron chi connectivity index (χ1n) is 5.29. The number of nitrogens with zero attached hydrogens (tertiary/aromatic N) is 4. The fourth-order valence-electron chi connectivity index (χ4n) is 1.38. The van der Waals surface area contributed by atoms with Crippen LogP contribution in [0.5, 0.6) is 0 Å². The van der Waals surface area contributed by atoms with Gasteiger partial charge in [-0.05, 0) is 25.4 Å². The highest BCUT2D eigenvalue weighted by atomic mass is 35.5. The van der Waals surface area contributed by atoms with E-state index in [9.17, 15) is 0 Å². The Hall–Kier alpha value is -1.47. The van der Waals surface area contributed by atoms with E-state index in [-0.39, 0.29) is 10.8 Å². The van der Waals surface area contributed by atoms with E-state index in [1.165, 1.54) is 0 Å². The Morgan fingerprint density at radius 1 is 1.22 bits per heavy atom. The maximum absolute atomic E-state index is 5.83. The Balaban J connectivity index is 2.26. The molecule has 2 heterocycles. The van der Waals surface area contributed by atoms with Crippen molar-refractivity contribution in [3.8, 4) is 0 Å². The first kappa shape index (κ1) is 13.0. The van der Waals surface area contributed by atoms with Gasteiger partial charge in [0.1, 0.15) is 5.01 Å². The van der Waals surface area contributed by atoms with Crippen molar-refractivity contribution in [3.63, 3.8) is 0 Å². The van der Waals surface area contributed by atoms with Gasteiger partial charge in [-0.2, -0.15) is 15.0 Å².